The number of carbonyl (C=O) groups excluding carboxylic acids is 1. The number of esters is 1. The first-order chi connectivity index (χ1) is 9.01. The van der Waals surface area contributed by atoms with Gasteiger partial charge in [-0.25, -0.2) is 4.79 Å². The number of aromatic nitrogens is 1. The number of benzene rings is 1. The molecule has 2 aromatic rings. The Morgan fingerprint density at radius 3 is 2.68 bits per heavy atom. The quantitative estimate of drug-likeness (QED) is 0.802. The van der Waals surface area contributed by atoms with Crippen LogP contribution in [-0.2, 0) is 4.74 Å². The molecule has 1 aromatic heterocycles. The van der Waals surface area contributed by atoms with E-state index in [4.69, 9.17) is 0 Å². The van der Waals surface area contributed by atoms with E-state index in [0.29, 0.717) is 5.39 Å². The average molecular weight is 267 g/mol. The number of aryl methyl sites for hydroxylation is 1. The first-order valence-electron chi connectivity index (χ1n) is 5.45. The van der Waals surface area contributed by atoms with E-state index in [9.17, 15) is 13.6 Å². The van der Waals surface area contributed by atoms with Gasteiger partial charge in [0.1, 0.15) is 5.52 Å². The maximum atomic E-state index is 12.4. The van der Waals surface area contributed by atoms with Gasteiger partial charge in [0.15, 0.2) is 5.75 Å². The number of rotatable bonds is 3. The maximum Gasteiger partial charge on any atom is 0.387 e. The van der Waals surface area contributed by atoms with Gasteiger partial charge in [0.25, 0.3) is 0 Å². The second-order valence-electron chi connectivity index (χ2n) is 3.93. The number of ether oxygens (including phenoxy) is 2. The van der Waals surface area contributed by atoms with Gasteiger partial charge in [-0.05, 0) is 30.7 Å². The van der Waals surface area contributed by atoms with Crippen LogP contribution in [0.2, 0.25) is 0 Å². The van der Waals surface area contributed by atoms with E-state index in [1.54, 1.807) is 12.3 Å². The highest BCUT2D eigenvalue weighted by Gasteiger charge is 2.15. The Morgan fingerprint density at radius 1 is 1.32 bits per heavy atom. The van der Waals surface area contributed by atoms with Crippen LogP contribution >= 0.6 is 0 Å². The normalized spacial score (nSPS) is 10.8. The lowest BCUT2D eigenvalue weighted by molar-refractivity contribution is -0.0489. The average Bonchev–Trinajstić information content (AvgIpc) is 2.36. The summed E-state index contributed by atoms with van der Waals surface area (Å²) in [5, 5.41) is 0.540. The standard InChI is InChI=1S/C13H11F2NO3/c1-7-3-8-4-9(12(17)18-2)5-10(19-13(14)15)11(8)16-6-7/h3-6,13H,1-2H3. The molecule has 0 saturated heterocycles. The van der Waals surface area contributed by atoms with Crippen molar-refractivity contribution in [1.29, 1.82) is 0 Å². The smallest absolute Gasteiger partial charge is 0.387 e. The second-order valence-corrected chi connectivity index (χ2v) is 3.93. The topological polar surface area (TPSA) is 48.4 Å². The number of halogens is 2. The molecule has 0 atom stereocenters. The monoisotopic (exact) mass is 267 g/mol. The largest absolute Gasteiger partial charge is 0.465 e. The Balaban J connectivity index is 2.65. The molecule has 0 amide bonds. The molecule has 0 aliphatic carbocycles. The molecule has 19 heavy (non-hydrogen) atoms. The predicted octanol–water partition coefficient (Wildman–Crippen LogP) is 2.93. The van der Waals surface area contributed by atoms with Crippen LogP contribution in [0.1, 0.15) is 15.9 Å². The van der Waals surface area contributed by atoms with Crippen LogP contribution in [0.4, 0.5) is 8.78 Å². The van der Waals surface area contributed by atoms with Crippen LogP contribution in [0.5, 0.6) is 5.75 Å². The molecule has 100 valence electrons. The van der Waals surface area contributed by atoms with Crippen molar-refractivity contribution in [3.63, 3.8) is 0 Å². The molecule has 0 bridgehead atoms. The van der Waals surface area contributed by atoms with Crippen molar-refractivity contribution >= 4 is 16.9 Å². The number of alkyl halides is 2. The van der Waals surface area contributed by atoms with Crippen LogP contribution in [0.15, 0.2) is 24.4 Å². The number of nitrogens with zero attached hydrogens (tertiary/aromatic N) is 1. The molecule has 0 radical (unpaired) electrons. The van der Waals surface area contributed by atoms with E-state index in [0.717, 1.165) is 5.56 Å². The zero-order chi connectivity index (χ0) is 14.0. The Hall–Kier alpha value is -2.24. The molecular weight excluding hydrogens is 256 g/mol. The minimum Gasteiger partial charge on any atom is -0.465 e. The van der Waals surface area contributed by atoms with Gasteiger partial charge in [-0.2, -0.15) is 8.78 Å². The summed E-state index contributed by atoms with van der Waals surface area (Å²) in [6.07, 6.45) is 1.54. The van der Waals surface area contributed by atoms with Gasteiger partial charge < -0.3 is 9.47 Å². The van der Waals surface area contributed by atoms with E-state index >= 15 is 0 Å². The van der Waals surface area contributed by atoms with Crippen molar-refractivity contribution < 1.29 is 23.0 Å². The predicted molar refractivity (Wildman–Crippen MR) is 64.5 cm³/mol. The van der Waals surface area contributed by atoms with Crippen LogP contribution in [-0.4, -0.2) is 24.7 Å². The van der Waals surface area contributed by atoms with Crippen molar-refractivity contribution in [2.75, 3.05) is 7.11 Å². The first kappa shape index (κ1) is 13.2. The number of hydrogen-bond acceptors (Lipinski definition) is 4. The number of hydrogen-bond donors (Lipinski definition) is 0. The highest BCUT2D eigenvalue weighted by atomic mass is 19.3. The Labute approximate surface area is 108 Å². The molecule has 6 heteroatoms. The summed E-state index contributed by atoms with van der Waals surface area (Å²) >= 11 is 0. The SMILES string of the molecule is COC(=O)c1cc(OC(F)F)c2ncc(C)cc2c1. The van der Waals surface area contributed by atoms with E-state index in [1.807, 2.05) is 6.92 Å². The second kappa shape index (κ2) is 5.17. The third-order valence-corrected chi connectivity index (χ3v) is 2.52. The third-order valence-electron chi connectivity index (χ3n) is 2.52. The lowest BCUT2D eigenvalue weighted by Gasteiger charge is -2.10. The molecular formula is C13H11F2NO3. The zero-order valence-electron chi connectivity index (χ0n) is 10.3. The van der Waals surface area contributed by atoms with Gasteiger partial charge in [-0.3, -0.25) is 4.98 Å². The lowest BCUT2D eigenvalue weighted by atomic mass is 10.1. The minimum atomic E-state index is -2.99. The summed E-state index contributed by atoms with van der Waals surface area (Å²) < 4.78 is 33.7. The fraction of sp³-hybridized carbons (Fsp3) is 0.231. The van der Waals surface area contributed by atoms with E-state index in [-0.39, 0.29) is 16.8 Å². The van der Waals surface area contributed by atoms with E-state index < -0.39 is 12.6 Å². The van der Waals surface area contributed by atoms with Gasteiger partial charge in [0, 0.05) is 11.6 Å². The fourth-order valence-electron chi connectivity index (χ4n) is 1.75. The molecule has 1 aromatic carbocycles. The van der Waals surface area contributed by atoms with Gasteiger partial charge in [0.2, 0.25) is 0 Å². The third kappa shape index (κ3) is 2.78. The van der Waals surface area contributed by atoms with Gasteiger partial charge in [-0.15, -0.1) is 0 Å². The molecule has 1 heterocycles. The van der Waals surface area contributed by atoms with E-state index in [2.05, 4.69) is 14.5 Å². The Kier molecular flexibility index (Phi) is 3.59. The molecule has 0 aliphatic heterocycles. The number of methoxy groups -OCH3 is 1. The summed E-state index contributed by atoms with van der Waals surface area (Å²) in [5.41, 5.74) is 1.26. The highest BCUT2D eigenvalue weighted by molar-refractivity contribution is 5.97. The maximum absolute atomic E-state index is 12.4. The Bertz CT molecular complexity index is 629. The molecule has 2 rings (SSSR count). The first-order valence-corrected chi connectivity index (χ1v) is 5.45. The van der Waals surface area contributed by atoms with Crippen LogP contribution in [0, 0.1) is 6.92 Å². The molecule has 0 saturated carbocycles. The molecule has 0 aliphatic rings. The van der Waals surface area contributed by atoms with Crippen LogP contribution < -0.4 is 4.74 Å². The van der Waals surface area contributed by atoms with Crippen LogP contribution in [0.25, 0.3) is 10.9 Å². The van der Waals surface area contributed by atoms with Crippen molar-refractivity contribution in [2.45, 2.75) is 13.5 Å². The van der Waals surface area contributed by atoms with E-state index in [1.165, 1.54) is 19.2 Å². The summed E-state index contributed by atoms with van der Waals surface area (Å²) in [4.78, 5) is 15.5. The summed E-state index contributed by atoms with van der Waals surface area (Å²) in [6, 6.07) is 4.45. The summed E-state index contributed by atoms with van der Waals surface area (Å²) in [6.45, 7) is -1.18. The molecule has 4 nitrogen and oxygen atoms in total. The minimum absolute atomic E-state index is 0.137. The molecule has 0 unspecified atom stereocenters. The molecule has 0 N–H and O–H groups in total. The van der Waals surface area contributed by atoms with Gasteiger partial charge in [-0.1, -0.05) is 0 Å². The van der Waals surface area contributed by atoms with Gasteiger partial charge >= 0.3 is 12.6 Å². The summed E-state index contributed by atoms with van der Waals surface area (Å²) in [5.74, 6) is -0.768. The molecule has 0 spiro atoms. The van der Waals surface area contributed by atoms with Crippen molar-refractivity contribution in [3.8, 4) is 5.75 Å². The van der Waals surface area contributed by atoms with Crippen molar-refractivity contribution in [2.24, 2.45) is 0 Å². The highest BCUT2D eigenvalue weighted by Crippen LogP contribution is 2.28. The lowest BCUT2D eigenvalue weighted by Crippen LogP contribution is -2.06. The fourth-order valence-corrected chi connectivity index (χ4v) is 1.75. The van der Waals surface area contributed by atoms with Gasteiger partial charge in [0.05, 0.1) is 12.7 Å². The number of fused-ring (bicyclic) bond motifs is 1. The van der Waals surface area contributed by atoms with Crippen molar-refractivity contribution in [3.05, 3.63) is 35.5 Å². The van der Waals surface area contributed by atoms with Crippen LogP contribution in [0.3, 0.4) is 0 Å². The number of carbonyl (C=O) groups is 1. The zero-order valence-corrected chi connectivity index (χ0v) is 10.3. The molecule has 0 fully saturated rings. The number of pyridine rings is 1. The Morgan fingerprint density at radius 2 is 2.05 bits per heavy atom. The summed E-state index contributed by atoms with van der Waals surface area (Å²) in [7, 11) is 1.22. The van der Waals surface area contributed by atoms with Crippen molar-refractivity contribution in [1.82, 2.24) is 4.98 Å².